The Balaban J connectivity index is 2.16. The van der Waals surface area contributed by atoms with Crippen LogP contribution in [0.2, 0.25) is 0 Å². The number of likely N-dealkylation sites (tertiary alicyclic amines) is 1. The van der Waals surface area contributed by atoms with Crippen molar-refractivity contribution in [3.8, 4) is 5.75 Å². The molecule has 2 aromatic rings. The van der Waals surface area contributed by atoms with Crippen molar-refractivity contribution in [2.75, 3.05) is 20.3 Å². The molecule has 0 bridgehead atoms. The predicted molar refractivity (Wildman–Crippen MR) is 133 cm³/mol. The molecule has 0 spiro atoms. The number of hydrogen-bond donors (Lipinski definition) is 1. The van der Waals surface area contributed by atoms with E-state index in [1.165, 1.54) is 17.0 Å². The first kappa shape index (κ1) is 26.4. The number of nitrogens with zero attached hydrogens (tertiary/aromatic N) is 1. The third-order valence-electron chi connectivity index (χ3n) is 6.19. The van der Waals surface area contributed by atoms with E-state index in [-0.39, 0.29) is 35.5 Å². The summed E-state index contributed by atoms with van der Waals surface area (Å²) in [5.74, 6) is -1.71. The van der Waals surface area contributed by atoms with Crippen LogP contribution in [-0.2, 0) is 14.3 Å². The largest absolute Gasteiger partial charge is 0.507 e. The summed E-state index contributed by atoms with van der Waals surface area (Å²) in [6.45, 7) is 10.2. The number of carbonyl (C=O) groups excluding carboxylic acids is 2. The zero-order valence-electron chi connectivity index (χ0n) is 21.2. The van der Waals surface area contributed by atoms with Gasteiger partial charge in [0.1, 0.15) is 17.3 Å². The minimum atomic E-state index is -1.04. The Morgan fingerprint density at radius 3 is 2.43 bits per heavy atom. The zero-order valence-corrected chi connectivity index (χ0v) is 21.2. The number of ether oxygens (including phenoxy) is 2. The summed E-state index contributed by atoms with van der Waals surface area (Å²) >= 11 is 0. The first-order valence-electron chi connectivity index (χ1n) is 11.9. The minimum Gasteiger partial charge on any atom is -0.507 e. The molecule has 1 N–H and O–H groups in total. The van der Waals surface area contributed by atoms with Gasteiger partial charge in [-0.1, -0.05) is 32.0 Å². The van der Waals surface area contributed by atoms with Crippen molar-refractivity contribution in [3.63, 3.8) is 0 Å². The molecule has 1 unspecified atom stereocenters. The monoisotopic (exact) mass is 483 g/mol. The van der Waals surface area contributed by atoms with Crippen LogP contribution in [0.4, 0.5) is 4.39 Å². The molecule has 0 saturated carbocycles. The van der Waals surface area contributed by atoms with E-state index < -0.39 is 23.5 Å². The molecule has 7 heteroatoms. The van der Waals surface area contributed by atoms with E-state index in [1.807, 2.05) is 27.7 Å². The molecule has 1 fully saturated rings. The van der Waals surface area contributed by atoms with Crippen LogP contribution in [0.25, 0.3) is 5.76 Å². The van der Waals surface area contributed by atoms with E-state index in [2.05, 4.69) is 0 Å². The molecule has 0 aliphatic carbocycles. The summed E-state index contributed by atoms with van der Waals surface area (Å²) < 4.78 is 26.0. The number of aliphatic hydroxyl groups is 1. The van der Waals surface area contributed by atoms with Crippen molar-refractivity contribution >= 4 is 17.4 Å². The van der Waals surface area contributed by atoms with E-state index in [1.54, 1.807) is 38.3 Å². The lowest BCUT2D eigenvalue weighted by molar-refractivity contribution is -0.140. The average Bonchev–Trinajstić information content (AvgIpc) is 3.05. The number of methoxy groups -OCH3 is 1. The molecule has 2 aromatic carbocycles. The molecule has 1 aliphatic heterocycles. The van der Waals surface area contributed by atoms with E-state index in [0.717, 1.165) is 5.56 Å². The molecule has 35 heavy (non-hydrogen) atoms. The molecule has 6 nitrogen and oxygen atoms in total. The molecule has 188 valence electrons. The highest BCUT2D eigenvalue weighted by Crippen LogP contribution is 2.42. The van der Waals surface area contributed by atoms with Crippen molar-refractivity contribution in [1.29, 1.82) is 0 Å². The standard InChI is InChI=1S/C28H34FNO5/c1-16(2)20-15-21(18(5)14-23(20)34-6)26(31)24-25(19-10-7-8-11-22(19)29)30(28(33)27(24)32)12-9-13-35-17(3)4/h7-8,10-11,14-17,25,31H,9,12-13H2,1-6H3/b26-24+. The first-order chi connectivity index (χ1) is 16.6. The number of Topliss-reactive ketones (excluding diaryl/α,β-unsaturated/α-hetero) is 1. The van der Waals surface area contributed by atoms with Gasteiger partial charge in [0.25, 0.3) is 11.7 Å². The molecular formula is C28H34FNO5. The van der Waals surface area contributed by atoms with Gasteiger partial charge >= 0.3 is 0 Å². The maximum absolute atomic E-state index is 15.0. The van der Waals surface area contributed by atoms with Gasteiger partial charge in [-0.05, 0) is 62.4 Å². The summed E-state index contributed by atoms with van der Waals surface area (Å²) in [7, 11) is 1.58. The maximum Gasteiger partial charge on any atom is 0.295 e. The number of halogens is 1. The van der Waals surface area contributed by atoms with Gasteiger partial charge in [0.2, 0.25) is 0 Å². The molecular weight excluding hydrogens is 449 g/mol. The van der Waals surface area contributed by atoms with Crippen LogP contribution >= 0.6 is 0 Å². The molecule has 3 rings (SSSR count). The molecule has 1 atom stereocenters. The molecule has 0 radical (unpaired) electrons. The summed E-state index contributed by atoms with van der Waals surface area (Å²) in [5, 5.41) is 11.4. The molecule has 1 heterocycles. The third kappa shape index (κ3) is 5.40. The third-order valence-corrected chi connectivity index (χ3v) is 6.19. The Morgan fingerprint density at radius 2 is 1.83 bits per heavy atom. The van der Waals surface area contributed by atoms with Gasteiger partial charge in [-0.2, -0.15) is 0 Å². The van der Waals surface area contributed by atoms with Gasteiger partial charge < -0.3 is 19.5 Å². The Bertz CT molecular complexity index is 1140. The van der Waals surface area contributed by atoms with Crippen LogP contribution in [0.3, 0.4) is 0 Å². The van der Waals surface area contributed by atoms with Crippen LogP contribution in [0.5, 0.6) is 5.75 Å². The first-order valence-corrected chi connectivity index (χ1v) is 11.9. The van der Waals surface area contributed by atoms with Crippen LogP contribution in [0, 0.1) is 12.7 Å². The lowest BCUT2D eigenvalue weighted by Gasteiger charge is -2.26. The lowest BCUT2D eigenvalue weighted by atomic mass is 9.91. The van der Waals surface area contributed by atoms with Gasteiger partial charge in [0, 0.05) is 24.3 Å². The fraction of sp³-hybridized carbons (Fsp3) is 0.429. The highest BCUT2D eigenvalue weighted by molar-refractivity contribution is 6.46. The number of benzene rings is 2. The van der Waals surface area contributed by atoms with Gasteiger partial charge in [0.05, 0.1) is 24.8 Å². The zero-order chi connectivity index (χ0) is 25.9. The minimum absolute atomic E-state index is 0.0287. The van der Waals surface area contributed by atoms with Crippen LogP contribution < -0.4 is 4.74 Å². The van der Waals surface area contributed by atoms with Crippen LogP contribution in [0.1, 0.15) is 68.3 Å². The number of rotatable bonds is 9. The Hall–Kier alpha value is -3.19. The fourth-order valence-electron chi connectivity index (χ4n) is 4.41. The Kier molecular flexibility index (Phi) is 8.33. The summed E-state index contributed by atoms with van der Waals surface area (Å²) in [6.07, 6.45) is 0.496. The number of hydrogen-bond acceptors (Lipinski definition) is 5. The van der Waals surface area contributed by atoms with E-state index in [0.29, 0.717) is 29.9 Å². The highest BCUT2D eigenvalue weighted by Gasteiger charge is 2.46. The molecule has 1 saturated heterocycles. The summed E-state index contributed by atoms with van der Waals surface area (Å²) in [6, 6.07) is 8.54. The van der Waals surface area contributed by atoms with Crippen LogP contribution in [-0.4, -0.2) is 48.1 Å². The maximum atomic E-state index is 15.0. The van der Waals surface area contributed by atoms with Crippen molar-refractivity contribution < 1.29 is 28.6 Å². The normalized spacial score (nSPS) is 17.6. The SMILES string of the molecule is COc1cc(C)c(/C(O)=C2\C(=O)C(=O)N(CCCOC(C)C)C2c2ccccc2F)cc1C(C)C. The number of aryl methyl sites for hydroxylation is 1. The van der Waals surface area contributed by atoms with Crippen LogP contribution in [0.15, 0.2) is 42.0 Å². The molecule has 0 aromatic heterocycles. The summed E-state index contributed by atoms with van der Waals surface area (Å²) in [4.78, 5) is 27.6. The quantitative estimate of drug-likeness (QED) is 0.221. The number of amides is 1. The van der Waals surface area contributed by atoms with Crippen molar-refractivity contribution in [2.24, 2.45) is 0 Å². The van der Waals surface area contributed by atoms with Gasteiger partial charge in [-0.3, -0.25) is 9.59 Å². The smallest absolute Gasteiger partial charge is 0.295 e. The molecule has 1 aliphatic rings. The second kappa shape index (κ2) is 11.0. The van der Waals surface area contributed by atoms with E-state index in [9.17, 15) is 19.1 Å². The van der Waals surface area contributed by atoms with Crippen molar-refractivity contribution in [3.05, 3.63) is 70.0 Å². The van der Waals surface area contributed by atoms with Gasteiger partial charge in [-0.15, -0.1) is 0 Å². The number of aliphatic hydroxyl groups excluding tert-OH is 1. The van der Waals surface area contributed by atoms with Crippen molar-refractivity contribution in [1.82, 2.24) is 4.90 Å². The summed E-state index contributed by atoms with van der Waals surface area (Å²) in [5.41, 5.74) is 1.98. The number of carbonyl (C=O) groups is 2. The fourth-order valence-corrected chi connectivity index (χ4v) is 4.41. The Labute approximate surface area is 206 Å². The topological polar surface area (TPSA) is 76.1 Å². The highest BCUT2D eigenvalue weighted by atomic mass is 19.1. The second-order valence-electron chi connectivity index (χ2n) is 9.35. The van der Waals surface area contributed by atoms with Gasteiger partial charge in [0.15, 0.2) is 0 Å². The van der Waals surface area contributed by atoms with Gasteiger partial charge in [-0.25, -0.2) is 4.39 Å². The molecule has 1 amide bonds. The van der Waals surface area contributed by atoms with E-state index >= 15 is 0 Å². The lowest BCUT2D eigenvalue weighted by Crippen LogP contribution is -2.31. The average molecular weight is 484 g/mol. The van der Waals surface area contributed by atoms with E-state index in [4.69, 9.17) is 9.47 Å². The number of ketones is 1. The second-order valence-corrected chi connectivity index (χ2v) is 9.35. The predicted octanol–water partition coefficient (Wildman–Crippen LogP) is 5.50. The Morgan fingerprint density at radius 1 is 1.14 bits per heavy atom. The van der Waals surface area contributed by atoms with Crippen molar-refractivity contribution in [2.45, 2.75) is 59.1 Å².